The van der Waals surface area contributed by atoms with Gasteiger partial charge in [-0.1, -0.05) is 6.42 Å². The van der Waals surface area contributed by atoms with E-state index in [9.17, 15) is 0 Å². The van der Waals surface area contributed by atoms with E-state index >= 15 is 0 Å². The van der Waals surface area contributed by atoms with Gasteiger partial charge in [0.1, 0.15) is 0 Å². The second-order valence-corrected chi connectivity index (χ2v) is 6.64. The van der Waals surface area contributed by atoms with Crippen molar-refractivity contribution in [2.24, 2.45) is 5.73 Å². The summed E-state index contributed by atoms with van der Waals surface area (Å²) in [6.45, 7) is 6.59. The van der Waals surface area contributed by atoms with Crippen molar-refractivity contribution in [3.05, 3.63) is 16.1 Å². The zero-order chi connectivity index (χ0) is 13.0. The molecule has 1 aromatic rings. The Morgan fingerprint density at radius 2 is 2.33 bits per heavy atom. The monoisotopic (exact) mass is 267 g/mol. The predicted octanol–water partition coefficient (Wildman–Crippen LogP) is 2.45. The summed E-state index contributed by atoms with van der Waals surface area (Å²) in [6.07, 6.45) is 8.14. The Balaban J connectivity index is 1.97. The number of piperidine rings is 1. The molecule has 2 heterocycles. The van der Waals surface area contributed by atoms with E-state index in [-0.39, 0.29) is 0 Å². The Labute approximate surface area is 114 Å². The SMILES string of the molecule is CC(C)N1CCCCC1Cc1ncc(CCN)s1. The first kappa shape index (κ1) is 14.0. The zero-order valence-electron chi connectivity index (χ0n) is 11.6. The number of aromatic nitrogens is 1. The highest BCUT2D eigenvalue weighted by atomic mass is 32.1. The van der Waals surface area contributed by atoms with Crippen LogP contribution < -0.4 is 5.73 Å². The highest BCUT2D eigenvalue weighted by Crippen LogP contribution is 2.24. The molecule has 1 fully saturated rings. The van der Waals surface area contributed by atoms with Crippen LogP contribution in [0.25, 0.3) is 0 Å². The Morgan fingerprint density at radius 1 is 1.50 bits per heavy atom. The maximum Gasteiger partial charge on any atom is 0.0943 e. The standard InChI is InChI=1S/C14H25N3S/c1-11(2)17-8-4-3-5-12(17)9-14-16-10-13(18-14)6-7-15/h10-12H,3-9,15H2,1-2H3. The Bertz CT molecular complexity index is 362. The average Bonchev–Trinajstić information content (AvgIpc) is 2.77. The van der Waals surface area contributed by atoms with E-state index in [1.54, 1.807) is 0 Å². The van der Waals surface area contributed by atoms with Crippen molar-refractivity contribution in [3.8, 4) is 0 Å². The molecule has 1 aliphatic heterocycles. The fourth-order valence-electron chi connectivity index (χ4n) is 2.82. The van der Waals surface area contributed by atoms with Crippen LogP contribution in [0.3, 0.4) is 0 Å². The van der Waals surface area contributed by atoms with Gasteiger partial charge in [-0.2, -0.15) is 0 Å². The van der Waals surface area contributed by atoms with Crippen molar-refractivity contribution >= 4 is 11.3 Å². The summed E-state index contributed by atoms with van der Waals surface area (Å²) < 4.78 is 0. The highest BCUT2D eigenvalue weighted by Gasteiger charge is 2.25. The minimum absolute atomic E-state index is 0.652. The Morgan fingerprint density at radius 3 is 3.06 bits per heavy atom. The second-order valence-electron chi connectivity index (χ2n) is 5.44. The van der Waals surface area contributed by atoms with E-state index in [1.807, 2.05) is 17.5 Å². The summed E-state index contributed by atoms with van der Waals surface area (Å²) in [4.78, 5) is 8.54. The molecule has 102 valence electrons. The molecule has 3 nitrogen and oxygen atoms in total. The smallest absolute Gasteiger partial charge is 0.0943 e. The third kappa shape index (κ3) is 3.53. The Kier molecular flexibility index (Phi) is 5.15. The molecule has 0 saturated carbocycles. The molecule has 1 aromatic heterocycles. The molecule has 18 heavy (non-hydrogen) atoms. The molecule has 1 saturated heterocycles. The molecule has 0 spiro atoms. The predicted molar refractivity (Wildman–Crippen MR) is 78.1 cm³/mol. The number of hydrogen-bond donors (Lipinski definition) is 1. The van der Waals surface area contributed by atoms with Gasteiger partial charge in [0.25, 0.3) is 0 Å². The number of likely N-dealkylation sites (tertiary alicyclic amines) is 1. The van der Waals surface area contributed by atoms with E-state index in [0.29, 0.717) is 12.1 Å². The molecule has 1 aliphatic rings. The van der Waals surface area contributed by atoms with Gasteiger partial charge in [-0.05, 0) is 46.2 Å². The summed E-state index contributed by atoms with van der Waals surface area (Å²) in [6, 6.07) is 1.34. The van der Waals surface area contributed by atoms with Gasteiger partial charge in [-0.25, -0.2) is 4.98 Å². The fraction of sp³-hybridized carbons (Fsp3) is 0.786. The van der Waals surface area contributed by atoms with Gasteiger partial charge < -0.3 is 5.73 Å². The number of nitrogens with two attached hydrogens (primary N) is 1. The van der Waals surface area contributed by atoms with Gasteiger partial charge in [0.15, 0.2) is 0 Å². The lowest BCUT2D eigenvalue weighted by Crippen LogP contribution is -2.44. The summed E-state index contributed by atoms with van der Waals surface area (Å²) >= 11 is 1.85. The number of hydrogen-bond acceptors (Lipinski definition) is 4. The molecule has 0 amide bonds. The first-order valence-corrected chi connectivity index (χ1v) is 7.91. The van der Waals surface area contributed by atoms with Gasteiger partial charge in [-0.3, -0.25) is 4.90 Å². The average molecular weight is 267 g/mol. The van der Waals surface area contributed by atoms with Crippen LogP contribution in [0.15, 0.2) is 6.20 Å². The van der Waals surface area contributed by atoms with E-state index in [1.165, 1.54) is 35.7 Å². The number of nitrogens with zero attached hydrogens (tertiary/aromatic N) is 2. The first-order chi connectivity index (χ1) is 8.70. The fourth-order valence-corrected chi connectivity index (χ4v) is 3.83. The minimum Gasteiger partial charge on any atom is -0.330 e. The van der Waals surface area contributed by atoms with Gasteiger partial charge in [0.05, 0.1) is 5.01 Å². The van der Waals surface area contributed by atoms with Crippen LogP contribution in [-0.4, -0.2) is 35.1 Å². The van der Waals surface area contributed by atoms with Crippen molar-refractivity contribution in [2.75, 3.05) is 13.1 Å². The lowest BCUT2D eigenvalue weighted by molar-refractivity contribution is 0.111. The lowest BCUT2D eigenvalue weighted by atomic mass is 9.98. The highest BCUT2D eigenvalue weighted by molar-refractivity contribution is 7.11. The molecule has 1 atom stereocenters. The van der Waals surface area contributed by atoms with Crippen molar-refractivity contribution in [1.29, 1.82) is 0 Å². The largest absolute Gasteiger partial charge is 0.330 e. The van der Waals surface area contributed by atoms with Crippen LogP contribution in [0, 0.1) is 0 Å². The normalized spacial score (nSPS) is 21.7. The number of rotatable bonds is 5. The van der Waals surface area contributed by atoms with Crippen molar-refractivity contribution < 1.29 is 0 Å². The summed E-state index contributed by atoms with van der Waals surface area (Å²) in [5.74, 6) is 0. The topological polar surface area (TPSA) is 42.2 Å². The molecule has 2 N–H and O–H groups in total. The summed E-state index contributed by atoms with van der Waals surface area (Å²) in [5, 5.41) is 1.29. The second kappa shape index (κ2) is 6.64. The van der Waals surface area contributed by atoms with Gasteiger partial charge in [0.2, 0.25) is 0 Å². The maximum atomic E-state index is 5.59. The van der Waals surface area contributed by atoms with E-state index in [0.717, 1.165) is 19.4 Å². The van der Waals surface area contributed by atoms with Gasteiger partial charge in [0, 0.05) is 29.6 Å². The van der Waals surface area contributed by atoms with Crippen molar-refractivity contribution in [2.45, 2.75) is 58.0 Å². The molecular weight excluding hydrogens is 242 g/mol. The van der Waals surface area contributed by atoms with Crippen LogP contribution >= 0.6 is 11.3 Å². The third-order valence-electron chi connectivity index (χ3n) is 3.74. The molecular formula is C14H25N3S. The molecule has 0 aliphatic carbocycles. The minimum atomic E-state index is 0.652. The molecule has 0 aromatic carbocycles. The molecule has 0 radical (unpaired) electrons. The van der Waals surface area contributed by atoms with Crippen LogP contribution in [0.4, 0.5) is 0 Å². The van der Waals surface area contributed by atoms with Crippen LogP contribution in [-0.2, 0) is 12.8 Å². The summed E-state index contributed by atoms with van der Waals surface area (Å²) in [5.41, 5.74) is 5.59. The first-order valence-electron chi connectivity index (χ1n) is 7.10. The lowest BCUT2D eigenvalue weighted by Gasteiger charge is -2.38. The van der Waals surface area contributed by atoms with Crippen LogP contribution in [0.1, 0.15) is 43.0 Å². The molecule has 4 heteroatoms. The van der Waals surface area contributed by atoms with Crippen molar-refractivity contribution in [1.82, 2.24) is 9.88 Å². The number of thiazole rings is 1. The van der Waals surface area contributed by atoms with E-state index in [4.69, 9.17) is 5.73 Å². The van der Waals surface area contributed by atoms with E-state index < -0.39 is 0 Å². The third-order valence-corrected chi connectivity index (χ3v) is 4.82. The molecule has 1 unspecified atom stereocenters. The van der Waals surface area contributed by atoms with Gasteiger partial charge in [-0.15, -0.1) is 11.3 Å². The zero-order valence-corrected chi connectivity index (χ0v) is 12.4. The van der Waals surface area contributed by atoms with Gasteiger partial charge >= 0.3 is 0 Å². The van der Waals surface area contributed by atoms with Crippen LogP contribution in [0.5, 0.6) is 0 Å². The molecule has 0 bridgehead atoms. The maximum absolute atomic E-state index is 5.59. The van der Waals surface area contributed by atoms with Crippen molar-refractivity contribution in [3.63, 3.8) is 0 Å². The van der Waals surface area contributed by atoms with Crippen LogP contribution in [0.2, 0.25) is 0 Å². The Hall–Kier alpha value is -0.450. The quantitative estimate of drug-likeness (QED) is 0.891. The van der Waals surface area contributed by atoms with E-state index in [2.05, 4.69) is 23.7 Å². The molecule has 2 rings (SSSR count). The summed E-state index contributed by atoms with van der Waals surface area (Å²) in [7, 11) is 0.